The number of hydrogen-bond donors (Lipinski definition) is 1. The van der Waals surface area contributed by atoms with Crippen LogP contribution in [-0.2, 0) is 18.3 Å². The molecule has 7 nitrogen and oxygen atoms in total. The van der Waals surface area contributed by atoms with E-state index in [-0.39, 0.29) is 5.91 Å². The molecule has 1 amide bonds. The highest BCUT2D eigenvalue weighted by Crippen LogP contribution is 2.24. The maximum atomic E-state index is 12.4. The minimum absolute atomic E-state index is 0.0442. The minimum atomic E-state index is 0.0442. The predicted molar refractivity (Wildman–Crippen MR) is 95.1 cm³/mol. The fourth-order valence-electron chi connectivity index (χ4n) is 3.08. The van der Waals surface area contributed by atoms with E-state index in [0.29, 0.717) is 19.8 Å². The molecule has 1 N–H and O–H groups in total. The largest absolute Gasteiger partial charge is 0.284 e. The first-order valence-electron chi connectivity index (χ1n) is 8.20. The number of carbonyl (C=O) groups excluding carboxylic acids is 1. The smallest absolute Gasteiger partial charge is 0.244 e. The van der Waals surface area contributed by atoms with Crippen molar-refractivity contribution in [2.45, 2.75) is 6.42 Å². The molecule has 0 unspecified atom stereocenters. The first-order valence-corrected chi connectivity index (χ1v) is 8.20. The van der Waals surface area contributed by atoms with Gasteiger partial charge in [-0.15, -0.1) is 0 Å². The topological polar surface area (TPSA) is 66.3 Å². The molecule has 0 bridgehead atoms. The van der Waals surface area contributed by atoms with E-state index < -0.39 is 0 Å². The average molecular weight is 336 g/mol. The first kappa shape index (κ1) is 15.7. The number of benzene rings is 1. The van der Waals surface area contributed by atoms with Crippen molar-refractivity contribution in [3.8, 4) is 11.1 Å². The Hall–Kier alpha value is -2.77. The fourth-order valence-corrected chi connectivity index (χ4v) is 3.08. The second-order valence-electron chi connectivity index (χ2n) is 6.33. The second-order valence-corrected chi connectivity index (χ2v) is 6.33. The molecule has 0 radical (unpaired) electrons. The Kier molecular flexibility index (Phi) is 3.95. The summed E-state index contributed by atoms with van der Waals surface area (Å²) in [6.07, 6.45) is 5.96. The summed E-state index contributed by atoms with van der Waals surface area (Å²) < 4.78 is 1.79. The molecule has 2 aromatic heterocycles. The standard InChI is InChI=1S/C18H20N6O/c1-22-10-16(9-21-22)13-3-4-14-8-20-17(6-15(14)5-13)7-18(25)24-12-19-11-23(24)2/h3-6,8-10,19H,7,11-12H2,1-2H3. The lowest BCUT2D eigenvalue weighted by molar-refractivity contribution is -0.141. The van der Waals surface area contributed by atoms with Gasteiger partial charge in [0.15, 0.2) is 0 Å². The molecule has 0 atom stereocenters. The lowest BCUT2D eigenvalue weighted by Crippen LogP contribution is -2.39. The van der Waals surface area contributed by atoms with Gasteiger partial charge in [0.25, 0.3) is 0 Å². The molecule has 7 heteroatoms. The number of hydrogen-bond acceptors (Lipinski definition) is 5. The van der Waals surface area contributed by atoms with E-state index in [9.17, 15) is 4.79 Å². The zero-order chi connectivity index (χ0) is 17.4. The number of rotatable bonds is 3. The van der Waals surface area contributed by atoms with Crippen molar-refractivity contribution in [1.29, 1.82) is 0 Å². The number of aromatic nitrogens is 3. The summed E-state index contributed by atoms with van der Waals surface area (Å²) in [6.45, 7) is 1.24. The zero-order valence-electron chi connectivity index (χ0n) is 14.3. The molecule has 1 saturated heterocycles. The number of fused-ring (bicyclic) bond motifs is 1. The van der Waals surface area contributed by atoms with Crippen molar-refractivity contribution in [3.63, 3.8) is 0 Å². The van der Waals surface area contributed by atoms with Gasteiger partial charge in [0.05, 0.1) is 31.6 Å². The highest BCUT2D eigenvalue weighted by molar-refractivity contribution is 5.88. The molecule has 4 rings (SSSR count). The summed E-state index contributed by atoms with van der Waals surface area (Å²) in [6, 6.07) is 8.23. The Labute approximate surface area is 145 Å². The summed E-state index contributed by atoms with van der Waals surface area (Å²) >= 11 is 0. The van der Waals surface area contributed by atoms with Gasteiger partial charge in [0, 0.05) is 37.4 Å². The number of pyridine rings is 1. The van der Waals surface area contributed by atoms with Crippen molar-refractivity contribution in [1.82, 2.24) is 30.1 Å². The Morgan fingerprint density at radius 1 is 1.12 bits per heavy atom. The molecule has 1 aliphatic heterocycles. The lowest BCUT2D eigenvalue weighted by Gasteiger charge is -2.22. The molecule has 0 aliphatic carbocycles. The van der Waals surface area contributed by atoms with Crippen LogP contribution in [0.25, 0.3) is 21.9 Å². The van der Waals surface area contributed by atoms with Gasteiger partial charge in [-0.2, -0.15) is 5.10 Å². The third-order valence-electron chi connectivity index (χ3n) is 4.45. The normalized spacial score (nSPS) is 15.2. The Bertz CT molecular complexity index is 934. The third-order valence-corrected chi connectivity index (χ3v) is 4.45. The van der Waals surface area contributed by atoms with Crippen LogP contribution >= 0.6 is 0 Å². The van der Waals surface area contributed by atoms with Crippen LogP contribution in [0.3, 0.4) is 0 Å². The fraction of sp³-hybridized carbons (Fsp3) is 0.278. The number of nitrogens with one attached hydrogen (secondary N) is 1. The van der Waals surface area contributed by atoms with E-state index >= 15 is 0 Å². The second kappa shape index (κ2) is 6.27. The van der Waals surface area contributed by atoms with Gasteiger partial charge in [0.2, 0.25) is 5.91 Å². The SMILES string of the molecule is CN1CNCN1C(=O)Cc1cc2cc(-c3cnn(C)c3)ccc2cn1. The molecule has 1 fully saturated rings. The molecule has 3 aromatic rings. The molecule has 0 spiro atoms. The monoisotopic (exact) mass is 336 g/mol. The number of aryl methyl sites for hydroxylation is 1. The van der Waals surface area contributed by atoms with Crippen LogP contribution in [0.5, 0.6) is 0 Å². The van der Waals surface area contributed by atoms with E-state index in [0.717, 1.165) is 27.6 Å². The number of carbonyl (C=O) groups is 1. The molecule has 0 saturated carbocycles. The summed E-state index contributed by atoms with van der Waals surface area (Å²) in [5, 5.41) is 13.1. The van der Waals surface area contributed by atoms with Crippen LogP contribution in [0.15, 0.2) is 42.9 Å². The summed E-state index contributed by atoms with van der Waals surface area (Å²) in [7, 11) is 3.80. The highest BCUT2D eigenvalue weighted by atomic mass is 16.2. The van der Waals surface area contributed by atoms with Gasteiger partial charge < -0.3 is 0 Å². The number of hydrazine groups is 1. The van der Waals surface area contributed by atoms with E-state index in [1.54, 1.807) is 9.69 Å². The first-order chi connectivity index (χ1) is 12.1. The summed E-state index contributed by atoms with van der Waals surface area (Å²) in [5.74, 6) is 0.0442. The van der Waals surface area contributed by atoms with E-state index in [1.165, 1.54) is 0 Å². The van der Waals surface area contributed by atoms with E-state index in [1.807, 2.05) is 43.8 Å². The lowest BCUT2D eigenvalue weighted by atomic mass is 10.0. The van der Waals surface area contributed by atoms with Crippen LogP contribution in [-0.4, -0.2) is 51.1 Å². The van der Waals surface area contributed by atoms with Gasteiger partial charge in [-0.25, -0.2) is 5.01 Å². The number of amides is 1. The van der Waals surface area contributed by atoms with Gasteiger partial charge in [-0.05, 0) is 23.1 Å². The zero-order valence-corrected chi connectivity index (χ0v) is 14.3. The minimum Gasteiger partial charge on any atom is -0.284 e. The van der Waals surface area contributed by atoms with Gasteiger partial charge in [0.1, 0.15) is 0 Å². The molecular formula is C18H20N6O. The van der Waals surface area contributed by atoms with E-state index in [4.69, 9.17) is 0 Å². The highest BCUT2D eigenvalue weighted by Gasteiger charge is 2.23. The Morgan fingerprint density at radius 3 is 2.72 bits per heavy atom. The molecule has 1 aliphatic rings. The molecule has 1 aromatic carbocycles. The maximum absolute atomic E-state index is 12.4. The van der Waals surface area contributed by atoms with Crippen molar-refractivity contribution >= 4 is 16.7 Å². The maximum Gasteiger partial charge on any atom is 0.244 e. The molecular weight excluding hydrogens is 316 g/mol. The Balaban J connectivity index is 1.61. The van der Waals surface area contributed by atoms with E-state index in [2.05, 4.69) is 33.6 Å². The molecule has 128 valence electrons. The van der Waals surface area contributed by atoms with Gasteiger partial charge in [-0.3, -0.25) is 24.8 Å². The number of nitrogens with zero attached hydrogens (tertiary/aromatic N) is 5. The van der Waals surface area contributed by atoms with Gasteiger partial charge in [-0.1, -0.05) is 12.1 Å². The van der Waals surface area contributed by atoms with Crippen LogP contribution in [0.4, 0.5) is 0 Å². The van der Waals surface area contributed by atoms with Gasteiger partial charge >= 0.3 is 0 Å². The van der Waals surface area contributed by atoms with Crippen LogP contribution in [0.1, 0.15) is 5.69 Å². The van der Waals surface area contributed by atoms with Crippen LogP contribution < -0.4 is 5.32 Å². The third kappa shape index (κ3) is 3.11. The van der Waals surface area contributed by atoms with Crippen LogP contribution in [0, 0.1) is 0 Å². The summed E-state index contributed by atoms with van der Waals surface area (Å²) in [4.78, 5) is 16.9. The predicted octanol–water partition coefficient (Wildman–Crippen LogP) is 1.37. The molecule has 25 heavy (non-hydrogen) atoms. The van der Waals surface area contributed by atoms with Crippen molar-refractivity contribution in [2.24, 2.45) is 7.05 Å². The van der Waals surface area contributed by atoms with Crippen LogP contribution in [0.2, 0.25) is 0 Å². The quantitative estimate of drug-likeness (QED) is 0.782. The van der Waals surface area contributed by atoms with Crippen molar-refractivity contribution < 1.29 is 4.79 Å². The molecule has 3 heterocycles. The van der Waals surface area contributed by atoms with Crippen molar-refractivity contribution in [2.75, 3.05) is 20.4 Å². The summed E-state index contributed by atoms with van der Waals surface area (Å²) in [5.41, 5.74) is 2.96. The van der Waals surface area contributed by atoms with Crippen molar-refractivity contribution in [3.05, 3.63) is 48.5 Å². The Morgan fingerprint density at radius 2 is 2.00 bits per heavy atom. The average Bonchev–Trinajstić information content (AvgIpc) is 3.22.